The van der Waals surface area contributed by atoms with Crippen molar-refractivity contribution < 1.29 is 14.3 Å². The first kappa shape index (κ1) is 37.1. The molecule has 39 heavy (non-hydrogen) atoms. The lowest BCUT2D eigenvalue weighted by atomic mass is 10.1. The molecule has 1 amide bonds. The maximum atomic E-state index is 11.9. The van der Waals surface area contributed by atoms with Gasteiger partial charge in [0.15, 0.2) is 0 Å². The van der Waals surface area contributed by atoms with E-state index >= 15 is 0 Å². The summed E-state index contributed by atoms with van der Waals surface area (Å²) in [6.45, 7) is 9.43. The number of amidine groups is 1. The molecule has 0 aliphatic carbocycles. The number of esters is 1. The SMILES string of the molecule is CCCCCCCCOC(=O)CCCCCCCN(CCCCCCCC)CCCN(C)/C=C\C(N)=N/C=O. The molecule has 0 fully saturated rings. The van der Waals surface area contributed by atoms with Gasteiger partial charge >= 0.3 is 5.97 Å². The van der Waals surface area contributed by atoms with Gasteiger partial charge in [-0.1, -0.05) is 97.3 Å². The van der Waals surface area contributed by atoms with Crippen molar-refractivity contribution >= 4 is 18.2 Å². The van der Waals surface area contributed by atoms with Crippen molar-refractivity contribution in [2.45, 2.75) is 136 Å². The minimum absolute atomic E-state index is 0.0211. The molecule has 0 unspecified atom stereocenters. The van der Waals surface area contributed by atoms with Crippen molar-refractivity contribution in [1.82, 2.24) is 9.80 Å². The monoisotopic (exact) mass is 550 g/mol. The average molecular weight is 551 g/mol. The Balaban J connectivity index is 4.08. The Morgan fingerprint density at radius 3 is 1.82 bits per heavy atom. The fraction of sp³-hybridized carbons (Fsp3) is 0.844. The molecule has 228 valence electrons. The molecule has 7 nitrogen and oxygen atoms in total. The van der Waals surface area contributed by atoms with Gasteiger partial charge in [-0.3, -0.25) is 9.59 Å². The molecule has 0 heterocycles. The van der Waals surface area contributed by atoms with Crippen LogP contribution in [0.1, 0.15) is 136 Å². The van der Waals surface area contributed by atoms with E-state index in [2.05, 4.69) is 28.6 Å². The molecule has 2 N–H and O–H groups in total. The molecule has 0 saturated carbocycles. The third-order valence-electron chi connectivity index (χ3n) is 7.13. The van der Waals surface area contributed by atoms with Crippen LogP contribution < -0.4 is 5.73 Å². The first-order chi connectivity index (χ1) is 19.0. The number of ether oxygens (including phenoxy) is 1. The number of hydrogen-bond acceptors (Lipinski definition) is 5. The molecule has 0 saturated heterocycles. The van der Waals surface area contributed by atoms with Gasteiger partial charge in [-0.2, -0.15) is 4.99 Å². The number of aliphatic imine (C=N–C) groups is 1. The van der Waals surface area contributed by atoms with Crippen LogP contribution in [0.25, 0.3) is 0 Å². The Kier molecular flexibility index (Phi) is 27.7. The van der Waals surface area contributed by atoms with Gasteiger partial charge in [0.05, 0.1) is 6.61 Å². The summed E-state index contributed by atoms with van der Waals surface area (Å²) < 4.78 is 5.39. The summed E-state index contributed by atoms with van der Waals surface area (Å²) in [7, 11) is 2.02. The highest BCUT2D eigenvalue weighted by Gasteiger charge is 2.06. The molecule has 0 radical (unpaired) electrons. The highest BCUT2D eigenvalue weighted by Crippen LogP contribution is 2.11. The zero-order valence-electron chi connectivity index (χ0n) is 25.8. The van der Waals surface area contributed by atoms with E-state index in [1.165, 1.54) is 96.4 Å². The van der Waals surface area contributed by atoms with E-state index in [1.54, 1.807) is 6.08 Å². The Hall–Kier alpha value is -1.89. The zero-order chi connectivity index (χ0) is 28.8. The van der Waals surface area contributed by atoms with Crippen molar-refractivity contribution in [2.24, 2.45) is 10.7 Å². The summed E-state index contributed by atoms with van der Waals surface area (Å²) in [5.74, 6) is 0.207. The zero-order valence-corrected chi connectivity index (χ0v) is 25.8. The smallest absolute Gasteiger partial charge is 0.305 e. The molecule has 0 atom stereocenters. The maximum Gasteiger partial charge on any atom is 0.305 e. The predicted octanol–water partition coefficient (Wildman–Crippen LogP) is 7.24. The van der Waals surface area contributed by atoms with Crippen LogP contribution in [-0.4, -0.2) is 67.8 Å². The highest BCUT2D eigenvalue weighted by molar-refractivity contribution is 5.95. The summed E-state index contributed by atoms with van der Waals surface area (Å²) >= 11 is 0. The quantitative estimate of drug-likeness (QED) is 0.0347. The molecule has 0 aromatic rings. The number of hydrogen-bond donors (Lipinski definition) is 1. The third-order valence-corrected chi connectivity index (χ3v) is 7.13. The van der Waals surface area contributed by atoms with Crippen molar-refractivity contribution in [3.63, 3.8) is 0 Å². The molecule has 0 bridgehead atoms. The fourth-order valence-electron chi connectivity index (χ4n) is 4.65. The van der Waals surface area contributed by atoms with Crippen LogP contribution in [-0.2, 0) is 14.3 Å². The molecule has 0 aromatic carbocycles. The molecule has 0 aliphatic rings. The second-order valence-corrected chi connectivity index (χ2v) is 10.9. The van der Waals surface area contributed by atoms with Crippen LogP contribution in [0.2, 0.25) is 0 Å². The predicted molar refractivity (Wildman–Crippen MR) is 166 cm³/mol. The Morgan fingerprint density at radius 2 is 1.23 bits per heavy atom. The molecule has 0 aliphatic heterocycles. The third kappa shape index (κ3) is 27.5. The van der Waals surface area contributed by atoms with E-state index in [0.717, 1.165) is 45.3 Å². The largest absolute Gasteiger partial charge is 0.466 e. The topological polar surface area (TPSA) is 88.2 Å². The van der Waals surface area contributed by atoms with Gasteiger partial charge in [-0.25, -0.2) is 0 Å². The first-order valence-corrected chi connectivity index (χ1v) is 16.1. The van der Waals surface area contributed by atoms with E-state index in [9.17, 15) is 9.59 Å². The second kappa shape index (κ2) is 29.1. The Morgan fingerprint density at radius 1 is 0.718 bits per heavy atom. The lowest BCUT2D eigenvalue weighted by Crippen LogP contribution is -2.29. The molecule has 0 spiro atoms. The normalized spacial score (nSPS) is 11.9. The maximum absolute atomic E-state index is 11.9. The number of unbranched alkanes of at least 4 members (excludes halogenated alkanes) is 14. The average Bonchev–Trinajstić information content (AvgIpc) is 2.92. The van der Waals surface area contributed by atoms with Crippen LogP contribution >= 0.6 is 0 Å². The number of carbonyl (C=O) groups excluding carboxylic acids is 2. The van der Waals surface area contributed by atoms with Gasteiger partial charge in [-0.05, 0) is 57.8 Å². The summed E-state index contributed by atoms with van der Waals surface area (Å²) in [5.41, 5.74) is 5.64. The lowest BCUT2D eigenvalue weighted by molar-refractivity contribution is -0.143. The Labute approximate surface area is 241 Å². The van der Waals surface area contributed by atoms with Gasteiger partial charge in [0.2, 0.25) is 6.41 Å². The summed E-state index contributed by atoms with van der Waals surface area (Å²) in [5, 5.41) is 0. The molecular weight excluding hydrogens is 488 g/mol. The minimum Gasteiger partial charge on any atom is -0.466 e. The molecule has 0 rings (SSSR count). The van der Waals surface area contributed by atoms with Gasteiger partial charge in [0, 0.05) is 26.2 Å². The van der Waals surface area contributed by atoms with Crippen LogP contribution in [0.5, 0.6) is 0 Å². The lowest BCUT2D eigenvalue weighted by Gasteiger charge is -2.24. The van der Waals surface area contributed by atoms with E-state index in [1.807, 2.05) is 13.2 Å². The standard InChI is InChI=1S/C32H62N4O3/c1-4-6-8-10-14-18-25-36(27-21-24-35(3)28-23-31(33)34-30-37)26-19-15-12-13-17-22-32(38)39-29-20-16-11-9-7-5-2/h23,28,30H,4-22,24-27,29H2,1-3H3,(H2,33,34,37)/b28-23-. The second-order valence-electron chi connectivity index (χ2n) is 10.9. The highest BCUT2D eigenvalue weighted by atomic mass is 16.5. The minimum atomic E-state index is -0.0211. The summed E-state index contributed by atoms with van der Waals surface area (Å²) in [6.07, 6.45) is 26.6. The van der Waals surface area contributed by atoms with Gasteiger partial charge in [0.25, 0.3) is 0 Å². The molecular formula is C32H62N4O3. The number of nitrogens with two attached hydrogens (primary N) is 1. The summed E-state index contributed by atoms with van der Waals surface area (Å²) in [6, 6.07) is 0. The van der Waals surface area contributed by atoms with E-state index in [-0.39, 0.29) is 11.8 Å². The van der Waals surface area contributed by atoms with Crippen molar-refractivity contribution in [1.29, 1.82) is 0 Å². The number of rotatable bonds is 29. The number of nitrogens with zero attached hydrogens (tertiary/aromatic N) is 3. The van der Waals surface area contributed by atoms with Crippen molar-refractivity contribution in [2.75, 3.05) is 39.8 Å². The molecule has 0 aromatic heterocycles. The van der Waals surface area contributed by atoms with E-state index in [4.69, 9.17) is 10.5 Å². The van der Waals surface area contributed by atoms with E-state index < -0.39 is 0 Å². The Bertz CT molecular complexity index is 625. The van der Waals surface area contributed by atoms with Crippen LogP contribution in [0.15, 0.2) is 17.3 Å². The van der Waals surface area contributed by atoms with Crippen LogP contribution in [0, 0.1) is 0 Å². The van der Waals surface area contributed by atoms with E-state index in [0.29, 0.717) is 19.4 Å². The van der Waals surface area contributed by atoms with Crippen molar-refractivity contribution in [3.05, 3.63) is 12.3 Å². The first-order valence-electron chi connectivity index (χ1n) is 16.1. The van der Waals surface area contributed by atoms with Gasteiger partial charge < -0.3 is 20.3 Å². The van der Waals surface area contributed by atoms with Crippen LogP contribution in [0.4, 0.5) is 0 Å². The summed E-state index contributed by atoms with van der Waals surface area (Å²) in [4.78, 5) is 30.6. The number of carbonyl (C=O) groups is 2. The number of amides is 1. The van der Waals surface area contributed by atoms with Gasteiger partial charge in [-0.15, -0.1) is 0 Å². The fourth-order valence-corrected chi connectivity index (χ4v) is 4.65. The molecule has 7 heteroatoms. The van der Waals surface area contributed by atoms with Crippen LogP contribution in [0.3, 0.4) is 0 Å². The van der Waals surface area contributed by atoms with Gasteiger partial charge in [0.1, 0.15) is 5.84 Å². The van der Waals surface area contributed by atoms with Crippen molar-refractivity contribution in [3.8, 4) is 0 Å².